The Morgan fingerprint density at radius 2 is 1.45 bits per heavy atom. The van der Waals surface area contributed by atoms with Gasteiger partial charge in [0.25, 0.3) is 5.84 Å². The number of nitrogens with zero attached hydrogens (tertiary/aromatic N) is 3. The van der Waals surface area contributed by atoms with Crippen LogP contribution in [0.3, 0.4) is 0 Å². The molecule has 0 spiro atoms. The molecule has 4 aromatic rings. The van der Waals surface area contributed by atoms with Crippen LogP contribution in [0.25, 0.3) is 0 Å². The number of pyridine rings is 2. The number of hydrogen-bond donors (Lipinski definition) is 3. The van der Waals surface area contributed by atoms with E-state index >= 15 is 0 Å². The van der Waals surface area contributed by atoms with Crippen molar-refractivity contribution in [2.75, 3.05) is 13.2 Å². The quantitative estimate of drug-likeness (QED) is 0.0472. The summed E-state index contributed by atoms with van der Waals surface area (Å²) in [5.41, 5.74) is 7.64. The third kappa shape index (κ3) is 20.0. The number of amidine groups is 2. The number of Topliss-reactive ketones (excluding diaryl/α,β-unsaturated/α-hetero) is 1. The fraction of sp³-hybridized carbons (Fsp3) is 0.211. The molecular weight excluding hydrogens is 1140 g/mol. The molecule has 303 valence electrons. The Kier molecular flexibility index (Phi) is 32.9. The molecule has 2 aromatic heterocycles. The maximum Gasteiger partial charge on any atom is 1.00 e. The van der Waals surface area contributed by atoms with E-state index in [-0.39, 0.29) is 133 Å². The van der Waals surface area contributed by atoms with Crippen LogP contribution < -0.4 is 58.4 Å². The average Bonchev–Trinajstić information content (AvgIpc) is 3.13. The van der Waals surface area contributed by atoms with Crippen molar-refractivity contribution < 1.29 is 134 Å². The summed E-state index contributed by atoms with van der Waals surface area (Å²) in [6, 6.07) is 19.7. The normalized spacial score (nSPS) is 11.9. The van der Waals surface area contributed by atoms with Gasteiger partial charge in [-0.3, -0.25) is 30.5 Å². The number of carbonyl (C=O) groups excluding carboxylic acids is 4. The van der Waals surface area contributed by atoms with Gasteiger partial charge >= 0.3 is 41.5 Å². The molecule has 0 aliphatic carbocycles. The second-order valence-corrected chi connectivity index (χ2v) is 12.4. The van der Waals surface area contributed by atoms with E-state index in [1.807, 2.05) is 42.5 Å². The standard InChI is InChI=1S/C19H17BrFN3O2.C7H5BrO.C6H6FN3.C6H10O3.Ac.ClH.Na.H2O/c1-3-26-19(25)15-11(2)23-18(17-14(21)9-6-10-22-17)24-16(15)12-7-4-5-8-13(12)20;8-7-4-2-1-3-6(7)5-9;7-4-2-1-3-10-5(4)6(8)9;1-3-9-6(8)4-5(2)7;;;;/h4-10,16H,3H2,1-2H3,(H,23,24);1-5H;1-3H,(H3,8,9);3-4H2,1-2H3;;1H;;1H2/q;;;;;;+1;/p-1. The maximum atomic E-state index is 14.2. The van der Waals surface area contributed by atoms with Crippen molar-refractivity contribution in [3.8, 4) is 0 Å². The molecule has 0 bridgehead atoms. The molecule has 0 saturated carbocycles. The average molecular weight is 1180 g/mol. The van der Waals surface area contributed by atoms with E-state index in [1.54, 1.807) is 26.8 Å². The molecule has 0 fully saturated rings. The second kappa shape index (κ2) is 32.0. The van der Waals surface area contributed by atoms with Gasteiger partial charge in [0, 0.05) is 76.7 Å². The molecule has 1 aliphatic heterocycles. The summed E-state index contributed by atoms with van der Waals surface area (Å²) in [7, 11) is 0. The number of rotatable bonds is 9. The third-order valence-corrected chi connectivity index (χ3v) is 8.13. The molecule has 1 aliphatic rings. The Morgan fingerprint density at radius 1 is 0.897 bits per heavy atom. The Morgan fingerprint density at radius 3 is 1.91 bits per heavy atom. The molecule has 1 radical (unpaired) electrons. The Labute approximate surface area is 416 Å². The Bertz CT molecular complexity index is 2040. The monoisotopic (exact) mass is 1170 g/mol. The van der Waals surface area contributed by atoms with E-state index < -0.39 is 29.6 Å². The van der Waals surface area contributed by atoms with Gasteiger partial charge in [0.15, 0.2) is 29.5 Å². The molecule has 0 saturated heterocycles. The van der Waals surface area contributed by atoms with Gasteiger partial charge in [-0.25, -0.2) is 23.5 Å². The van der Waals surface area contributed by atoms with Gasteiger partial charge in [0.05, 0.1) is 18.8 Å². The first kappa shape index (κ1) is 59.5. The number of nitrogens with one attached hydrogen (secondary N) is 1. The van der Waals surface area contributed by atoms with Crippen LogP contribution in [0.1, 0.15) is 67.5 Å². The summed E-state index contributed by atoms with van der Waals surface area (Å²) >= 11 is 6.73. The zero-order chi connectivity index (χ0) is 40.2. The minimum absolute atomic E-state index is 0. The zero-order valence-corrected chi connectivity index (χ0v) is 42.9. The van der Waals surface area contributed by atoms with Crippen LogP contribution >= 0.6 is 31.9 Å². The maximum absolute atomic E-state index is 14.2. The van der Waals surface area contributed by atoms with Gasteiger partial charge in [-0.15, -0.1) is 0 Å². The van der Waals surface area contributed by atoms with E-state index in [1.165, 1.54) is 43.6 Å². The molecule has 6 N–H and O–H groups in total. The van der Waals surface area contributed by atoms with E-state index in [0.717, 1.165) is 20.8 Å². The van der Waals surface area contributed by atoms with Crippen molar-refractivity contribution in [3.63, 3.8) is 0 Å². The predicted octanol–water partition coefficient (Wildman–Crippen LogP) is -0.782. The molecule has 0 amide bonds. The Hall–Kier alpha value is -2.79. The minimum atomic E-state index is -0.637. The fourth-order valence-electron chi connectivity index (χ4n) is 4.34. The van der Waals surface area contributed by atoms with E-state index in [2.05, 4.69) is 56.9 Å². The minimum Gasteiger partial charge on any atom is -1.00 e. The predicted molar refractivity (Wildman–Crippen MR) is 208 cm³/mol. The molecule has 3 heterocycles. The molecule has 5 rings (SSSR count). The Balaban J connectivity index is -0.000000787. The van der Waals surface area contributed by atoms with Crippen LogP contribution in [-0.2, 0) is 23.9 Å². The second-order valence-electron chi connectivity index (χ2n) is 10.7. The largest absolute Gasteiger partial charge is 1.00 e. The third-order valence-electron chi connectivity index (χ3n) is 6.68. The van der Waals surface area contributed by atoms with Crippen molar-refractivity contribution in [2.45, 2.75) is 40.2 Å². The number of allylic oxidation sites excluding steroid dienone is 1. The van der Waals surface area contributed by atoms with E-state index in [4.69, 9.17) is 15.9 Å². The van der Waals surface area contributed by atoms with Gasteiger partial charge in [-0.05, 0) is 69.7 Å². The summed E-state index contributed by atoms with van der Waals surface area (Å²) in [5.74, 6) is -1.87. The molecular formula is C38H40AcBr2ClF2N6NaO7. The fourth-order valence-corrected chi connectivity index (χ4v) is 5.22. The summed E-state index contributed by atoms with van der Waals surface area (Å²) in [5, 5.41) is 8.10. The van der Waals surface area contributed by atoms with Crippen molar-refractivity contribution in [1.82, 2.24) is 15.3 Å². The van der Waals surface area contributed by atoms with Crippen LogP contribution in [0.2, 0.25) is 0 Å². The first-order chi connectivity index (χ1) is 25.7. The first-order valence-corrected chi connectivity index (χ1v) is 17.8. The number of esters is 2. The van der Waals surface area contributed by atoms with E-state index in [0.29, 0.717) is 23.4 Å². The first-order valence-electron chi connectivity index (χ1n) is 16.2. The molecule has 1 unspecified atom stereocenters. The molecule has 13 nitrogen and oxygen atoms in total. The topological polar surface area (TPSA) is 219 Å². The van der Waals surface area contributed by atoms with Gasteiger partial charge in [0.2, 0.25) is 0 Å². The summed E-state index contributed by atoms with van der Waals surface area (Å²) in [4.78, 5) is 55.6. The van der Waals surface area contributed by atoms with Crippen molar-refractivity contribution in [1.29, 1.82) is 0 Å². The number of hydrogen-bond acceptors (Lipinski definition) is 11. The molecule has 2 aromatic carbocycles. The number of carbonyl (C=O) groups is 4. The van der Waals surface area contributed by atoms with E-state index in [9.17, 15) is 28.0 Å². The van der Waals surface area contributed by atoms with Gasteiger partial charge in [-0.2, -0.15) is 0 Å². The number of halogens is 5. The number of nitrogens with two attached hydrogens (primary N) is 2. The van der Waals surface area contributed by atoms with Crippen molar-refractivity contribution in [2.24, 2.45) is 10.7 Å². The van der Waals surface area contributed by atoms with Crippen molar-refractivity contribution >= 4 is 67.5 Å². The number of aromatic nitrogens is 2. The molecule has 58 heavy (non-hydrogen) atoms. The number of ether oxygens (including phenoxy) is 2. The SMILES string of the molecule is CCOC(=O)C1=C(C)NC(c2ncccc2F)=NC1c1ccccc1Br.CCOC(=O)CC(C)=O.NC(=[NH2+])c1ncccc1F.O=Cc1ccccc1Br.[Ac].[Cl-].[Na+].[OH-]. The zero-order valence-electron chi connectivity index (χ0n) is 32.2. The van der Waals surface area contributed by atoms with Gasteiger partial charge in [-0.1, -0.05) is 68.3 Å². The number of aliphatic imine (C=N–C) groups is 1. The van der Waals surface area contributed by atoms with Crippen LogP contribution in [0, 0.1) is 55.7 Å². The summed E-state index contributed by atoms with van der Waals surface area (Å²) < 4.78 is 38.1. The van der Waals surface area contributed by atoms with Crippen molar-refractivity contribution in [3.05, 3.63) is 140 Å². The van der Waals surface area contributed by atoms with Gasteiger partial charge < -0.3 is 32.7 Å². The van der Waals surface area contributed by atoms with Crippen LogP contribution in [0.15, 0.2) is 110 Å². The van der Waals surface area contributed by atoms with Crippen LogP contribution in [0.4, 0.5) is 8.78 Å². The summed E-state index contributed by atoms with van der Waals surface area (Å²) in [6.07, 6.45) is 3.64. The van der Waals surface area contributed by atoms with Crippen LogP contribution in [0.5, 0.6) is 0 Å². The molecule has 1 atom stereocenters. The number of aldehydes is 1. The molecule has 20 heteroatoms. The number of benzene rings is 2. The van der Waals surface area contributed by atoms with Gasteiger partial charge in [0.1, 0.15) is 23.9 Å². The smallest absolute Gasteiger partial charge is 1.00 e. The van der Waals surface area contributed by atoms with Crippen LogP contribution in [-0.4, -0.2) is 64.3 Å². The number of ketones is 1. The summed E-state index contributed by atoms with van der Waals surface area (Å²) in [6.45, 7) is 7.14.